The smallest absolute Gasteiger partial charge is 0.244 e. The van der Waals surface area contributed by atoms with Crippen molar-refractivity contribution in [1.82, 2.24) is 5.32 Å². The number of halogens is 1. The van der Waals surface area contributed by atoms with Crippen LogP contribution in [0.15, 0.2) is 18.2 Å². The van der Waals surface area contributed by atoms with Crippen molar-refractivity contribution >= 4 is 28.9 Å². The van der Waals surface area contributed by atoms with Crippen molar-refractivity contribution in [1.29, 1.82) is 0 Å². The van der Waals surface area contributed by atoms with Crippen LogP contribution in [0, 0.1) is 0 Å². The Labute approximate surface area is 119 Å². The average Bonchev–Trinajstić information content (AvgIpc) is 2.77. The predicted octanol–water partition coefficient (Wildman–Crippen LogP) is 2.49. The largest absolute Gasteiger partial charge is 0.375 e. The van der Waals surface area contributed by atoms with Crippen LogP contribution in [-0.2, 0) is 4.79 Å². The number of anilines is 2. The molecule has 0 saturated carbocycles. The van der Waals surface area contributed by atoms with Gasteiger partial charge in [-0.2, -0.15) is 0 Å². The molecular formula is C14H20ClN3O. The van der Waals surface area contributed by atoms with Crippen LogP contribution in [0.4, 0.5) is 11.4 Å². The van der Waals surface area contributed by atoms with Crippen molar-refractivity contribution in [2.24, 2.45) is 0 Å². The van der Waals surface area contributed by atoms with Gasteiger partial charge in [0.25, 0.3) is 0 Å². The van der Waals surface area contributed by atoms with E-state index in [0.717, 1.165) is 30.8 Å². The molecule has 0 radical (unpaired) electrons. The first kappa shape index (κ1) is 14.2. The topological polar surface area (TPSA) is 44.4 Å². The molecular weight excluding hydrogens is 262 g/mol. The molecule has 1 unspecified atom stereocenters. The highest BCUT2D eigenvalue weighted by molar-refractivity contribution is 6.34. The van der Waals surface area contributed by atoms with E-state index in [1.807, 2.05) is 44.1 Å². The van der Waals surface area contributed by atoms with E-state index >= 15 is 0 Å². The number of hydrogen-bond acceptors (Lipinski definition) is 3. The fourth-order valence-electron chi connectivity index (χ4n) is 2.42. The quantitative estimate of drug-likeness (QED) is 0.895. The molecule has 0 spiro atoms. The first-order valence-corrected chi connectivity index (χ1v) is 6.84. The van der Waals surface area contributed by atoms with Gasteiger partial charge < -0.3 is 15.5 Å². The van der Waals surface area contributed by atoms with E-state index in [0.29, 0.717) is 5.02 Å². The molecule has 0 bridgehead atoms. The second kappa shape index (κ2) is 5.39. The Morgan fingerprint density at radius 2 is 2.21 bits per heavy atom. The van der Waals surface area contributed by atoms with Gasteiger partial charge in [0.15, 0.2) is 0 Å². The third kappa shape index (κ3) is 2.85. The number of carbonyl (C=O) groups excluding carboxylic acids is 1. The van der Waals surface area contributed by atoms with Crippen LogP contribution in [0.3, 0.4) is 0 Å². The summed E-state index contributed by atoms with van der Waals surface area (Å²) in [5.41, 5.74) is 1.10. The Balaban J connectivity index is 2.24. The van der Waals surface area contributed by atoms with Crippen molar-refractivity contribution in [3.05, 3.63) is 23.2 Å². The molecule has 1 atom stereocenters. The molecule has 104 valence electrons. The maximum absolute atomic E-state index is 12.4. The van der Waals surface area contributed by atoms with Gasteiger partial charge in [0.1, 0.15) is 0 Å². The van der Waals surface area contributed by atoms with Crippen LogP contribution in [-0.4, -0.2) is 32.1 Å². The van der Waals surface area contributed by atoms with Gasteiger partial charge in [-0.05, 0) is 38.4 Å². The number of hydrogen-bond donors (Lipinski definition) is 2. The Morgan fingerprint density at radius 3 is 2.79 bits per heavy atom. The second-order valence-electron chi connectivity index (χ2n) is 5.35. The molecule has 2 rings (SSSR count). The molecule has 5 heteroatoms. The van der Waals surface area contributed by atoms with E-state index in [9.17, 15) is 4.79 Å². The van der Waals surface area contributed by atoms with Crippen LogP contribution in [0.25, 0.3) is 0 Å². The standard InChI is InChI=1S/C14H20ClN3O/c1-14(8-5-9-16-14)13(19)17-11-7-4-6-10(15)12(11)18(2)3/h4,6-7,16H,5,8-9H2,1-3H3,(H,17,19). The number of carbonyl (C=O) groups is 1. The molecule has 1 aromatic rings. The zero-order valence-corrected chi connectivity index (χ0v) is 12.3. The van der Waals surface area contributed by atoms with E-state index in [4.69, 9.17) is 11.6 Å². The highest BCUT2D eigenvalue weighted by Crippen LogP contribution is 2.33. The highest BCUT2D eigenvalue weighted by atomic mass is 35.5. The summed E-state index contributed by atoms with van der Waals surface area (Å²) in [5.74, 6) is -0.00429. The van der Waals surface area contributed by atoms with E-state index in [1.165, 1.54) is 0 Å². The number of nitrogens with one attached hydrogen (secondary N) is 2. The minimum absolute atomic E-state index is 0.00429. The van der Waals surface area contributed by atoms with Crippen molar-refractivity contribution in [3.8, 4) is 0 Å². The minimum atomic E-state index is -0.480. The first-order chi connectivity index (χ1) is 8.94. The SMILES string of the molecule is CN(C)c1c(Cl)cccc1NC(=O)C1(C)CCCN1. The van der Waals surface area contributed by atoms with Gasteiger partial charge in [-0.25, -0.2) is 0 Å². The molecule has 1 fully saturated rings. The van der Waals surface area contributed by atoms with E-state index in [-0.39, 0.29) is 5.91 Å². The van der Waals surface area contributed by atoms with Gasteiger partial charge in [-0.15, -0.1) is 0 Å². The fraction of sp³-hybridized carbons (Fsp3) is 0.500. The lowest BCUT2D eigenvalue weighted by Gasteiger charge is -2.25. The predicted molar refractivity (Wildman–Crippen MR) is 80.1 cm³/mol. The summed E-state index contributed by atoms with van der Waals surface area (Å²) in [6, 6.07) is 5.54. The van der Waals surface area contributed by atoms with E-state index < -0.39 is 5.54 Å². The zero-order chi connectivity index (χ0) is 14.0. The van der Waals surface area contributed by atoms with E-state index in [1.54, 1.807) is 0 Å². The molecule has 2 N–H and O–H groups in total. The molecule has 4 nitrogen and oxygen atoms in total. The van der Waals surface area contributed by atoms with Gasteiger partial charge in [0, 0.05) is 14.1 Å². The van der Waals surface area contributed by atoms with Crippen molar-refractivity contribution in [2.75, 3.05) is 30.9 Å². The molecule has 0 aromatic heterocycles. The molecule has 19 heavy (non-hydrogen) atoms. The molecule has 1 amide bonds. The maximum atomic E-state index is 12.4. The molecule has 1 aliphatic heterocycles. The maximum Gasteiger partial charge on any atom is 0.244 e. The lowest BCUT2D eigenvalue weighted by Crippen LogP contribution is -2.48. The van der Waals surface area contributed by atoms with Crippen LogP contribution in [0.2, 0.25) is 5.02 Å². The van der Waals surface area contributed by atoms with Crippen LogP contribution < -0.4 is 15.5 Å². The summed E-state index contributed by atoms with van der Waals surface area (Å²) in [6.07, 6.45) is 1.89. The van der Waals surface area contributed by atoms with E-state index in [2.05, 4.69) is 10.6 Å². The summed E-state index contributed by atoms with van der Waals surface area (Å²) < 4.78 is 0. The third-order valence-corrected chi connectivity index (χ3v) is 3.86. The van der Waals surface area contributed by atoms with Gasteiger partial charge in [-0.1, -0.05) is 17.7 Å². The Morgan fingerprint density at radius 1 is 1.47 bits per heavy atom. The highest BCUT2D eigenvalue weighted by Gasteiger charge is 2.36. The fourth-order valence-corrected chi connectivity index (χ4v) is 2.76. The molecule has 1 heterocycles. The summed E-state index contributed by atoms with van der Waals surface area (Å²) in [4.78, 5) is 14.3. The summed E-state index contributed by atoms with van der Waals surface area (Å²) in [6.45, 7) is 2.83. The van der Waals surface area contributed by atoms with Gasteiger partial charge >= 0.3 is 0 Å². The van der Waals surface area contributed by atoms with Crippen molar-refractivity contribution in [3.63, 3.8) is 0 Å². The monoisotopic (exact) mass is 281 g/mol. The summed E-state index contributed by atoms with van der Waals surface area (Å²) in [7, 11) is 3.82. The van der Waals surface area contributed by atoms with Gasteiger partial charge in [-0.3, -0.25) is 4.79 Å². The second-order valence-corrected chi connectivity index (χ2v) is 5.75. The third-order valence-electron chi connectivity index (χ3n) is 3.55. The zero-order valence-electron chi connectivity index (χ0n) is 11.6. The molecule has 1 saturated heterocycles. The number of nitrogens with zero attached hydrogens (tertiary/aromatic N) is 1. The number of amides is 1. The Bertz CT molecular complexity index is 482. The van der Waals surface area contributed by atoms with Crippen LogP contribution in [0.5, 0.6) is 0 Å². The van der Waals surface area contributed by atoms with Gasteiger partial charge in [0.05, 0.1) is 21.9 Å². The molecule has 1 aliphatic rings. The lowest BCUT2D eigenvalue weighted by atomic mass is 9.99. The summed E-state index contributed by atoms with van der Waals surface area (Å²) in [5, 5.41) is 6.88. The van der Waals surface area contributed by atoms with Crippen LogP contribution in [0.1, 0.15) is 19.8 Å². The Hall–Kier alpha value is -1.26. The Kier molecular flexibility index (Phi) is 4.02. The molecule has 1 aromatic carbocycles. The number of para-hydroxylation sites is 1. The summed E-state index contributed by atoms with van der Waals surface area (Å²) >= 11 is 6.19. The van der Waals surface area contributed by atoms with Gasteiger partial charge in [0.2, 0.25) is 5.91 Å². The van der Waals surface area contributed by atoms with Crippen LogP contribution >= 0.6 is 11.6 Å². The number of benzene rings is 1. The average molecular weight is 282 g/mol. The normalized spacial score (nSPS) is 22.3. The minimum Gasteiger partial charge on any atom is -0.375 e. The first-order valence-electron chi connectivity index (χ1n) is 6.46. The van der Waals surface area contributed by atoms with Crippen molar-refractivity contribution < 1.29 is 4.79 Å². The lowest BCUT2D eigenvalue weighted by molar-refractivity contribution is -0.121. The number of rotatable bonds is 3. The van der Waals surface area contributed by atoms with Crippen molar-refractivity contribution in [2.45, 2.75) is 25.3 Å². The molecule has 0 aliphatic carbocycles.